The summed E-state index contributed by atoms with van der Waals surface area (Å²) in [5.74, 6) is -0.138. The Hall–Kier alpha value is -2.56. The van der Waals surface area contributed by atoms with Gasteiger partial charge in [-0.3, -0.25) is 9.59 Å². The fourth-order valence-electron chi connectivity index (χ4n) is 3.08. The Morgan fingerprint density at radius 2 is 1.83 bits per heavy atom. The normalized spacial score (nSPS) is 14.5. The standard InChI is InChI=1S/C19H23N3O2/c23-18(21-16-7-1-2-8-16)10-11-20-19(24)15-6-5-9-17(14-15)22-12-3-4-13-22/h3-6,9,12-14,16H,1-2,7-8,10-11H2,(H,20,24)(H,21,23). The maximum Gasteiger partial charge on any atom is 0.251 e. The van der Waals surface area contributed by atoms with Crippen LogP contribution < -0.4 is 10.6 Å². The van der Waals surface area contributed by atoms with Gasteiger partial charge in [0.15, 0.2) is 0 Å². The first-order valence-corrected chi connectivity index (χ1v) is 8.53. The number of nitrogens with zero attached hydrogens (tertiary/aromatic N) is 1. The third-order valence-corrected chi connectivity index (χ3v) is 4.37. The molecular formula is C19H23N3O2. The van der Waals surface area contributed by atoms with Gasteiger partial charge in [-0.1, -0.05) is 18.9 Å². The van der Waals surface area contributed by atoms with E-state index >= 15 is 0 Å². The molecule has 1 aromatic heterocycles. The molecule has 2 amide bonds. The molecule has 1 aliphatic rings. The first-order chi connectivity index (χ1) is 11.7. The summed E-state index contributed by atoms with van der Waals surface area (Å²) in [7, 11) is 0. The lowest BCUT2D eigenvalue weighted by Gasteiger charge is -2.12. The summed E-state index contributed by atoms with van der Waals surface area (Å²) in [4.78, 5) is 24.1. The minimum atomic E-state index is -0.155. The fourth-order valence-corrected chi connectivity index (χ4v) is 3.08. The number of nitrogens with one attached hydrogen (secondary N) is 2. The predicted octanol–water partition coefficient (Wildman–Crippen LogP) is 2.66. The van der Waals surface area contributed by atoms with Crippen LogP contribution in [0.4, 0.5) is 0 Å². The molecule has 0 aliphatic heterocycles. The van der Waals surface area contributed by atoms with Crippen molar-refractivity contribution < 1.29 is 9.59 Å². The number of hydrogen-bond acceptors (Lipinski definition) is 2. The fraction of sp³-hybridized carbons (Fsp3) is 0.368. The van der Waals surface area contributed by atoms with E-state index in [9.17, 15) is 9.59 Å². The molecule has 1 aromatic carbocycles. The van der Waals surface area contributed by atoms with Crippen LogP contribution in [-0.2, 0) is 4.79 Å². The van der Waals surface area contributed by atoms with Crippen molar-refractivity contribution in [1.29, 1.82) is 0 Å². The quantitative estimate of drug-likeness (QED) is 0.857. The molecule has 1 saturated carbocycles. The maximum atomic E-state index is 12.2. The van der Waals surface area contributed by atoms with Crippen LogP contribution in [0.15, 0.2) is 48.8 Å². The van der Waals surface area contributed by atoms with E-state index in [1.54, 1.807) is 6.07 Å². The van der Waals surface area contributed by atoms with Crippen molar-refractivity contribution in [3.63, 3.8) is 0 Å². The molecule has 5 nitrogen and oxygen atoms in total. The highest BCUT2D eigenvalue weighted by Gasteiger charge is 2.17. The van der Waals surface area contributed by atoms with Crippen molar-refractivity contribution in [2.75, 3.05) is 6.54 Å². The monoisotopic (exact) mass is 325 g/mol. The second-order valence-corrected chi connectivity index (χ2v) is 6.20. The molecule has 0 radical (unpaired) electrons. The smallest absolute Gasteiger partial charge is 0.251 e. The number of aromatic nitrogens is 1. The Bertz CT molecular complexity index is 688. The first-order valence-electron chi connectivity index (χ1n) is 8.53. The molecule has 0 saturated heterocycles. The van der Waals surface area contributed by atoms with Crippen LogP contribution in [-0.4, -0.2) is 29.0 Å². The Labute approximate surface area is 142 Å². The highest BCUT2D eigenvalue weighted by molar-refractivity contribution is 5.95. The van der Waals surface area contributed by atoms with Gasteiger partial charge < -0.3 is 15.2 Å². The zero-order valence-corrected chi connectivity index (χ0v) is 13.7. The molecule has 1 aliphatic carbocycles. The molecular weight excluding hydrogens is 302 g/mol. The van der Waals surface area contributed by atoms with Gasteiger partial charge in [0, 0.05) is 42.7 Å². The summed E-state index contributed by atoms with van der Waals surface area (Å²) in [5, 5.41) is 5.84. The minimum absolute atomic E-state index is 0.0169. The van der Waals surface area contributed by atoms with Crippen molar-refractivity contribution in [3.8, 4) is 5.69 Å². The van der Waals surface area contributed by atoms with Crippen LogP contribution >= 0.6 is 0 Å². The Morgan fingerprint density at radius 3 is 2.58 bits per heavy atom. The molecule has 5 heteroatoms. The lowest BCUT2D eigenvalue weighted by atomic mass is 10.2. The molecule has 1 fully saturated rings. The van der Waals surface area contributed by atoms with Gasteiger partial charge in [0.25, 0.3) is 5.91 Å². The molecule has 126 valence electrons. The van der Waals surface area contributed by atoms with Crippen LogP contribution in [0.3, 0.4) is 0 Å². The highest BCUT2D eigenvalue weighted by Crippen LogP contribution is 2.17. The van der Waals surface area contributed by atoms with Crippen LogP contribution in [0.25, 0.3) is 5.69 Å². The van der Waals surface area contributed by atoms with Gasteiger partial charge in [-0.15, -0.1) is 0 Å². The van der Waals surface area contributed by atoms with E-state index in [0.29, 0.717) is 24.6 Å². The first kappa shape index (κ1) is 16.3. The minimum Gasteiger partial charge on any atom is -0.353 e. The molecule has 0 unspecified atom stereocenters. The largest absolute Gasteiger partial charge is 0.353 e. The Balaban J connectivity index is 1.48. The lowest BCUT2D eigenvalue weighted by molar-refractivity contribution is -0.121. The second kappa shape index (κ2) is 7.81. The molecule has 0 spiro atoms. The van der Waals surface area contributed by atoms with Crippen LogP contribution in [0.1, 0.15) is 42.5 Å². The van der Waals surface area contributed by atoms with Crippen LogP contribution in [0, 0.1) is 0 Å². The second-order valence-electron chi connectivity index (χ2n) is 6.20. The van der Waals surface area contributed by atoms with Gasteiger partial charge in [-0.2, -0.15) is 0 Å². The predicted molar refractivity (Wildman–Crippen MR) is 93.1 cm³/mol. The van der Waals surface area contributed by atoms with Crippen molar-refractivity contribution in [3.05, 3.63) is 54.4 Å². The Morgan fingerprint density at radius 1 is 1.08 bits per heavy atom. The van der Waals surface area contributed by atoms with Gasteiger partial charge in [-0.05, 0) is 43.2 Å². The molecule has 2 N–H and O–H groups in total. The lowest BCUT2D eigenvalue weighted by Crippen LogP contribution is -2.35. The highest BCUT2D eigenvalue weighted by atomic mass is 16.2. The molecule has 3 rings (SSSR count). The molecule has 2 aromatic rings. The average Bonchev–Trinajstić information content (AvgIpc) is 3.28. The molecule has 0 atom stereocenters. The summed E-state index contributed by atoms with van der Waals surface area (Å²) >= 11 is 0. The number of amides is 2. The van der Waals surface area contributed by atoms with Crippen molar-refractivity contribution in [1.82, 2.24) is 15.2 Å². The molecule has 1 heterocycles. The molecule has 0 bridgehead atoms. The number of carbonyl (C=O) groups is 2. The van der Waals surface area contributed by atoms with E-state index in [1.165, 1.54) is 12.8 Å². The van der Waals surface area contributed by atoms with E-state index in [-0.39, 0.29) is 11.8 Å². The van der Waals surface area contributed by atoms with Crippen LogP contribution in [0.2, 0.25) is 0 Å². The summed E-state index contributed by atoms with van der Waals surface area (Å²) in [5.41, 5.74) is 1.53. The van der Waals surface area contributed by atoms with Crippen LogP contribution in [0.5, 0.6) is 0 Å². The van der Waals surface area contributed by atoms with Gasteiger partial charge in [0.1, 0.15) is 0 Å². The van der Waals surface area contributed by atoms with Gasteiger partial charge >= 0.3 is 0 Å². The summed E-state index contributed by atoms with van der Waals surface area (Å²) in [6.07, 6.45) is 8.72. The van der Waals surface area contributed by atoms with Crippen molar-refractivity contribution >= 4 is 11.8 Å². The molecule has 24 heavy (non-hydrogen) atoms. The number of hydrogen-bond donors (Lipinski definition) is 2. The van der Waals surface area contributed by atoms with Crippen molar-refractivity contribution in [2.24, 2.45) is 0 Å². The number of rotatable bonds is 6. The average molecular weight is 325 g/mol. The summed E-state index contributed by atoms with van der Waals surface area (Å²) < 4.78 is 1.95. The summed E-state index contributed by atoms with van der Waals surface area (Å²) in [6, 6.07) is 11.6. The van der Waals surface area contributed by atoms with E-state index < -0.39 is 0 Å². The third kappa shape index (κ3) is 4.25. The van der Waals surface area contributed by atoms with E-state index in [0.717, 1.165) is 18.5 Å². The number of benzene rings is 1. The van der Waals surface area contributed by atoms with Gasteiger partial charge in [-0.25, -0.2) is 0 Å². The van der Waals surface area contributed by atoms with Gasteiger partial charge in [0.05, 0.1) is 0 Å². The van der Waals surface area contributed by atoms with Gasteiger partial charge in [0.2, 0.25) is 5.91 Å². The Kier molecular flexibility index (Phi) is 5.31. The van der Waals surface area contributed by atoms with E-state index in [1.807, 2.05) is 47.3 Å². The third-order valence-electron chi connectivity index (χ3n) is 4.37. The SMILES string of the molecule is O=C(CCNC(=O)c1cccc(-n2cccc2)c1)NC1CCCC1. The van der Waals surface area contributed by atoms with E-state index in [4.69, 9.17) is 0 Å². The maximum absolute atomic E-state index is 12.2. The van der Waals surface area contributed by atoms with E-state index in [2.05, 4.69) is 10.6 Å². The zero-order valence-electron chi connectivity index (χ0n) is 13.7. The van der Waals surface area contributed by atoms with Crippen molar-refractivity contribution in [2.45, 2.75) is 38.1 Å². The number of carbonyl (C=O) groups excluding carboxylic acids is 2. The topological polar surface area (TPSA) is 63.1 Å². The summed E-state index contributed by atoms with van der Waals surface area (Å²) in [6.45, 7) is 0.352. The zero-order chi connectivity index (χ0) is 16.8.